The molecular formula is C11H15NO5S. The van der Waals surface area contributed by atoms with Gasteiger partial charge in [0.1, 0.15) is 0 Å². The van der Waals surface area contributed by atoms with Crippen LogP contribution in [0.25, 0.3) is 0 Å². The summed E-state index contributed by atoms with van der Waals surface area (Å²) < 4.78 is 40.7. The Morgan fingerprint density at radius 3 is 1.89 bits per heavy atom. The highest BCUT2D eigenvalue weighted by atomic mass is 32.2. The lowest BCUT2D eigenvalue weighted by atomic mass is 10.2. The molecule has 0 N–H and O–H groups in total. The monoisotopic (exact) mass is 273 g/mol. The molecule has 0 heterocycles. The van der Waals surface area contributed by atoms with Crippen LogP contribution in [0.5, 0.6) is 17.2 Å². The smallest absolute Gasteiger partial charge is 0.250 e. The summed E-state index contributed by atoms with van der Waals surface area (Å²) in [5, 5.41) is 0. The van der Waals surface area contributed by atoms with E-state index in [2.05, 4.69) is 4.40 Å². The molecule has 0 aliphatic rings. The highest BCUT2D eigenvalue weighted by Crippen LogP contribution is 2.37. The van der Waals surface area contributed by atoms with Crippen LogP contribution in [0.4, 0.5) is 0 Å². The Morgan fingerprint density at radius 1 is 1.06 bits per heavy atom. The normalized spacial score (nSPS) is 11.6. The zero-order valence-electron chi connectivity index (χ0n) is 10.6. The molecule has 6 nitrogen and oxygen atoms in total. The first kappa shape index (κ1) is 14.3. The quantitative estimate of drug-likeness (QED) is 0.751. The first-order valence-corrected chi connectivity index (χ1v) is 6.81. The fourth-order valence-corrected chi connectivity index (χ4v) is 1.65. The molecule has 0 amide bonds. The number of sulfonamides is 1. The molecule has 0 fully saturated rings. The minimum Gasteiger partial charge on any atom is -0.493 e. The van der Waals surface area contributed by atoms with Crippen LogP contribution in [0, 0.1) is 0 Å². The van der Waals surface area contributed by atoms with Gasteiger partial charge in [0, 0.05) is 11.8 Å². The summed E-state index contributed by atoms with van der Waals surface area (Å²) in [4.78, 5) is 0. The summed E-state index contributed by atoms with van der Waals surface area (Å²) in [6.45, 7) is 0. The van der Waals surface area contributed by atoms with E-state index in [9.17, 15) is 8.42 Å². The fraction of sp³-hybridized carbons (Fsp3) is 0.364. The summed E-state index contributed by atoms with van der Waals surface area (Å²) in [5.41, 5.74) is 0.537. The minimum atomic E-state index is -3.42. The van der Waals surface area contributed by atoms with Crippen molar-refractivity contribution in [3.63, 3.8) is 0 Å². The van der Waals surface area contributed by atoms with E-state index >= 15 is 0 Å². The molecule has 0 saturated heterocycles. The van der Waals surface area contributed by atoms with E-state index in [1.165, 1.54) is 27.5 Å². The van der Waals surface area contributed by atoms with Gasteiger partial charge in [-0.15, -0.1) is 0 Å². The number of nitrogens with zero attached hydrogens (tertiary/aromatic N) is 1. The molecule has 100 valence electrons. The first-order chi connectivity index (χ1) is 8.41. The molecule has 0 spiro atoms. The third-order valence-electron chi connectivity index (χ3n) is 2.08. The standard InChI is InChI=1S/C11H15NO5S/c1-15-9-5-8(7-12-18(4,13)14)6-10(16-2)11(9)17-3/h5-7H,1-4H3/b12-7+. The average Bonchev–Trinajstić information content (AvgIpc) is 2.33. The predicted molar refractivity (Wildman–Crippen MR) is 68.5 cm³/mol. The second-order valence-corrected chi connectivity index (χ2v) is 5.10. The maximum atomic E-state index is 11.0. The van der Waals surface area contributed by atoms with Crippen molar-refractivity contribution in [2.24, 2.45) is 4.40 Å². The van der Waals surface area contributed by atoms with Gasteiger partial charge in [-0.25, -0.2) is 8.42 Å². The SMILES string of the molecule is COc1cc(/C=N/S(C)(=O)=O)cc(OC)c1OC. The van der Waals surface area contributed by atoms with Crippen molar-refractivity contribution >= 4 is 16.2 Å². The third-order valence-corrected chi connectivity index (χ3v) is 2.57. The van der Waals surface area contributed by atoms with Crippen molar-refractivity contribution in [3.8, 4) is 17.2 Å². The maximum absolute atomic E-state index is 11.0. The van der Waals surface area contributed by atoms with Crippen LogP contribution in [0.1, 0.15) is 5.56 Å². The van der Waals surface area contributed by atoms with E-state index in [0.717, 1.165) is 6.26 Å². The molecule has 0 aromatic heterocycles. The van der Waals surface area contributed by atoms with Crippen LogP contribution in [0.2, 0.25) is 0 Å². The molecule has 18 heavy (non-hydrogen) atoms. The van der Waals surface area contributed by atoms with Crippen molar-refractivity contribution in [2.75, 3.05) is 27.6 Å². The largest absolute Gasteiger partial charge is 0.493 e. The van der Waals surface area contributed by atoms with E-state index in [0.29, 0.717) is 22.8 Å². The van der Waals surface area contributed by atoms with Gasteiger partial charge in [-0.3, -0.25) is 0 Å². The van der Waals surface area contributed by atoms with Gasteiger partial charge >= 0.3 is 0 Å². The molecule has 0 radical (unpaired) electrons. The summed E-state index contributed by atoms with van der Waals surface area (Å²) in [7, 11) is 1.03. The van der Waals surface area contributed by atoms with Gasteiger partial charge in [-0.1, -0.05) is 0 Å². The fourth-order valence-electron chi connectivity index (χ4n) is 1.33. The van der Waals surface area contributed by atoms with Crippen LogP contribution < -0.4 is 14.2 Å². The van der Waals surface area contributed by atoms with Gasteiger partial charge in [0.25, 0.3) is 0 Å². The van der Waals surface area contributed by atoms with Gasteiger partial charge in [0.05, 0.1) is 27.6 Å². The zero-order valence-corrected chi connectivity index (χ0v) is 11.4. The predicted octanol–water partition coefficient (Wildman–Crippen LogP) is 1.09. The van der Waals surface area contributed by atoms with E-state index in [-0.39, 0.29) is 0 Å². The lowest BCUT2D eigenvalue weighted by Gasteiger charge is -2.12. The zero-order chi connectivity index (χ0) is 13.8. The number of benzene rings is 1. The van der Waals surface area contributed by atoms with Crippen molar-refractivity contribution in [2.45, 2.75) is 0 Å². The van der Waals surface area contributed by atoms with E-state index in [4.69, 9.17) is 14.2 Å². The lowest BCUT2D eigenvalue weighted by molar-refractivity contribution is 0.324. The van der Waals surface area contributed by atoms with Crippen molar-refractivity contribution < 1.29 is 22.6 Å². The summed E-state index contributed by atoms with van der Waals surface area (Å²) in [6.07, 6.45) is 2.24. The van der Waals surface area contributed by atoms with Crippen LogP contribution in [-0.2, 0) is 10.0 Å². The van der Waals surface area contributed by atoms with Crippen LogP contribution >= 0.6 is 0 Å². The Balaban J connectivity index is 3.28. The van der Waals surface area contributed by atoms with Crippen LogP contribution in [0.3, 0.4) is 0 Å². The second kappa shape index (κ2) is 5.72. The molecule has 0 saturated carbocycles. The number of hydrogen-bond acceptors (Lipinski definition) is 5. The molecule has 1 aromatic rings. The molecule has 0 aliphatic carbocycles. The van der Waals surface area contributed by atoms with Crippen LogP contribution in [-0.4, -0.2) is 42.2 Å². The summed E-state index contributed by atoms with van der Waals surface area (Å²) in [6, 6.07) is 3.21. The van der Waals surface area contributed by atoms with Crippen molar-refractivity contribution in [1.29, 1.82) is 0 Å². The van der Waals surface area contributed by atoms with E-state index in [1.807, 2.05) is 0 Å². The highest BCUT2D eigenvalue weighted by molar-refractivity contribution is 7.89. The molecular weight excluding hydrogens is 258 g/mol. The number of ether oxygens (including phenoxy) is 3. The van der Waals surface area contributed by atoms with Gasteiger partial charge in [-0.2, -0.15) is 4.40 Å². The van der Waals surface area contributed by atoms with Crippen LogP contribution in [0.15, 0.2) is 16.5 Å². The Morgan fingerprint density at radius 2 is 1.56 bits per heavy atom. The lowest BCUT2D eigenvalue weighted by Crippen LogP contribution is -1.97. The molecule has 0 bridgehead atoms. The average molecular weight is 273 g/mol. The number of methoxy groups -OCH3 is 3. The van der Waals surface area contributed by atoms with Gasteiger partial charge in [0.15, 0.2) is 11.5 Å². The van der Waals surface area contributed by atoms with Gasteiger partial charge < -0.3 is 14.2 Å². The molecule has 1 aromatic carbocycles. The van der Waals surface area contributed by atoms with Crippen molar-refractivity contribution in [3.05, 3.63) is 17.7 Å². The Kier molecular flexibility index (Phi) is 4.55. The van der Waals surface area contributed by atoms with Gasteiger partial charge in [-0.05, 0) is 12.1 Å². The summed E-state index contributed by atoms with van der Waals surface area (Å²) >= 11 is 0. The molecule has 7 heteroatoms. The second-order valence-electron chi connectivity index (χ2n) is 3.43. The molecule has 1 rings (SSSR count). The van der Waals surface area contributed by atoms with Gasteiger partial charge in [0.2, 0.25) is 15.8 Å². The minimum absolute atomic E-state index is 0.437. The Bertz CT molecular complexity index is 526. The Hall–Kier alpha value is -1.76. The topological polar surface area (TPSA) is 74.2 Å². The number of hydrogen-bond donors (Lipinski definition) is 0. The maximum Gasteiger partial charge on any atom is 0.250 e. The third kappa shape index (κ3) is 3.63. The van der Waals surface area contributed by atoms with E-state index < -0.39 is 10.0 Å². The highest BCUT2D eigenvalue weighted by Gasteiger charge is 2.12. The van der Waals surface area contributed by atoms with E-state index in [1.54, 1.807) is 12.1 Å². The molecule has 0 aliphatic heterocycles. The van der Waals surface area contributed by atoms with Crippen molar-refractivity contribution in [1.82, 2.24) is 0 Å². The first-order valence-electron chi connectivity index (χ1n) is 4.96. The Labute approximate surface area is 106 Å². The molecule has 0 unspecified atom stereocenters. The molecule has 0 atom stereocenters. The summed E-state index contributed by atoms with van der Waals surface area (Å²) in [5.74, 6) is 1.31. The number of rotatable bonds is 5.